The Morgan fingerprint density at radius 1 is 1.55 bits per heavy atom. The molecule has 22 heavy (non-hydrogen) atoms. The van der Waals surface area contributed by atoms with Crippen molar-refractivity contribution in [2.75, 3.05) is 38.2 Å². The first kappa shape index (κ1) is 19.8. The minimum absolute atomic E-state index is 0. The van der Waals surface area contributed by atoms with Crippen molar-refractivity contribution in [3.63, 3.8) is 0 Å². The Hall–Kier alpha value is -0.220. The molecule has 2 saturated heterocycles. The number of thioether (sulfide) groups is 1. The molecule has 0 aromatic carbocycles. The van der Waals surface area contributed by atoms with Gasteiger partial charge in [-0.15, -0.1) is 24.0 Å². The maximum Gasteiger partial charge on any atom is 0.222 e. The van der Waals surface area contributed by atoms with Gasteiger partial charge in [-0.2, -0.15) is 11.8 Å². The lowest BCUT2D eigenvalue weighted by Gasteiger charge is -2.24. The maximum absolute atomic E-state index is 11.7. The van der Waals surface area contributed by atoms with Crippen molar-refractivity contribution < 1.29 is 9.90 Å². The lowest BCUT2D eigenvalue weighted by atomic mass is 10.0. The molecular weight excluding hydrogens is 415 g/mol. The van der Waals surface area contributed by atoms with Crippen LogP contribution in [-0.2, 0) is 4.79 Å². The molecule has 2 heterocycles. The highest BCUT2D eigenvalue weighted by Crippen LogP contribution is 2.26. The zero-order valence-electron chi connectivity index (χ0n) is 13.3. The fourth-order valence-electron chi connectivity index (χ4n) is 2.70. The number of likely N-dealkylation sites (tertiary alicyclic amines) is 1. The van der Waals surface area contributed by atoms with Crippen LogP contribution in [0.3, 0.4) is 0 Å². The monoisotopic (exact) mass is 442 g/mol. The SMILES string of the molecule is CCC(=O)N1CCC(NC(=NC)NCC2(O)CCSC2)C1.I. The van der Waals surface area contributed by atoms with Crippen molar-refractivity contribution in [1.82, 2.24) is 15.5 Å². The molecule has 2 aliphatic rings. The molecule has 0 aromatic heterocycles. The molecule has 0 bridgehead atoms. The first-order valence-electron chi connectivity index (χ1n) is 7.61. The first-order valence-corrected chi connectivity index (χ1v) is 8.77. The quantitative estimate of drug-likeness (QED) is 0.339. The summed E-state index contributed by atoms with van der Waals surface area (Å²) in [6.07, 6.45) is 2.32. The zero-order valence-corrected chi connectivity index (χ0v) is 16.4. The fourth-order valence-corrected chi connectivity index (χ4v) is 4.00. The molecule has 2 fully saturated rings. The van der Waals surface area contributed by atoms with Gasteiger partial charge in [-0.1, -0.05) is 6.92 Å². The van der Waals surface area contributed by atoms with Crippen LogP contribution in [0.2, 0.25) is 0 Å². The van der Waals surface area contributed by atoms with Gasteiger partial charge in [-0.25, -0.2) is 0 Å². The molecule has 0 saturated carbocycles. The first-order chi connectivity index (χ1) is 10.1. The number of carbonyl (C=O) groups is 1. The molecule has 2 rings (SSSR count). The van der Waals surface area contributed by atoms with Gasteiger partial charge < -0.3 is 20.6 Å². The lowest BCUT2D eigenvalue weighted by molar-refractivity contribution is -0.129. The van der Waals surface area contributed by atoms with Crippen molar-refractivity contribution in [1.29, 1.82) is 0 Å². The number of hydrogen-bond acceptors (Lipinski definition) is 4. The van der Waals surface area contributed by atoms with E-state index in [-0.39, 0.29) is 35.9 Å². The Bertz CT molecular complexity index is 402. The standard InChI is InChI=1S/C14H26N4O2S.HI/c1-3-12(19)18-6-4-11(8-18)17-13(15-2)16-9-14(20)5-7-21-10-14;/h11,20H,3-10H2,1-2H3,(H2,15,16,17);1H. The summed E-state index contributed by atoms with van der Waals surface area (Å²) in [5, 5.41) is 16.9. The third-order valence-corrected chi connectivity index (χ3v) is 5.31. The summed E-state index contributed by atoms with van der Waals surface area (Å²) < 4.78 is 0. The largest absolute Gasteiger partial charge is 0.387 e. The van der Waals surface area contributed by atoms with Crippen LogP contribution < -0.4 is 10.6 Å². The minimum atomic E-state index is -0.623. The molecule has 2 atom stereocenters. The van der Waals surface area contributed by atoms with Crippen LogP contribution in [0.4, 0.5) is 0 Å². The molecule has 0 aliphatic carbocycles. The van der Waals surface area contributed by atoms with E-state index < -0.39 is 5.60 Å². The van der Waals surface area contributed by atoms with E-state index in [1.54, 1.807) is 18.8 Å². The summed E-state index contributed by atoms with van der Waals surface area (Å²) in [5.74, 6) is 2.70. The zero-order chi connectivity index (χ0) is 15.3. The van der Waals surface area contributed by atoms with Crippen LogP contribution in [0.5, 0.6) is 0 Å². The van der Waals surface area contributed by atoms with E-state index in [0.29, 0.717) is 18.9 Å². The third kappa shape index (κ3) is 5.45. The molecule has 8 heteroatoms. The summed E-state index contributed by atoms with van der Waals surface area (Å²) in [5.41, 5.74) is -0.623. The number of aliphatic imine (C=N–C) groups is 1. The van der Waals surface area contributed by atoms with E-state index in [2.05, 4.69) is 15.6 Å². The van der Waals surface area contributed by atoms with Crippen molar-refractivity contribution >= 4 is 47.6 Å². The van der Waals surface area contributed by atoms with Crippen LogP contribution in [-0.4, -0.2) is 71.7 Å². The topological polar surface area (TPSA) is 77.0 Å². The number of hydrogen-bond donors (Lipinski definition) is 3. The number of carbonyl (C=O) groups excluding carboxylic acids is 1. The summed E-state index contributed by atoms with van der Waals surface area (Å²) in [7, 11) is 1.73. The molecule has 0 aromatic rings. The predicted molar refractivity (Wildman–Crippen MR) is 102 cm³/mol. The van der Waals surface area contributed by atoms with Gasteiger partial charge in [-0.3, -0.25) is 9.79 Å². The highest BCUT2D eigenvalue weighted by molar-refractivity contribution is 14.0. The Morgan fingerprint density at radius 3 is 2.91 bits per heavy atom. The van der Waals surface area contributed by atoms with E-state index in [0.717, 1.165) is 37.4 Å². The summed E-state index contributed by atoms with van der Waals surface area (Å²) >= 11 is 1.78. The maximum atomic E-state index is 11.7. The van der Waals surface area contributed by atoms with Gasteiger partial charge in [0.1, 0.15) is 0 Å². The molecular formula is C14H27IN4O2S. The molecule has 6 nitrogen and oxygen atoms in total. The smallest absolute Gasteiger partial charge is 0.222 e. The van der Waals surface area contributed by atoms with Gasteiger partial charge in [0.15, 0.2) is 5.96 Å². The van der Waals surface area contributed by atoms with Crippen LogP contribution in [0, 0.1) is 0 Å². The van der Waals surface area contributed by atoms with Gasteiger partial charge in [-0.05, 0) is 18.6 Å². The Balaban J connectivity index is 0.00000242. The number of aliphatic hydroxyl groups is 1. The van der Waals surface area contributed by atoms with Crippen LogP contribution in [0.1, 0.15) is 26.2 Å². The Kier molecular flexibility index (Phi) is 8.26. The van der Waals surface area contributed by atoms with Crippen molar-refractivity contribution in [2.45, 2.75) is 37.8 Å². The second-order valence-corrected chi connectivity index (χ2v) is 6.88. The second-order valence-electron chi connectivity index (χ2n) is 5.78. The van der Waals surface area contributed by atoms with E-state index in [1.807, 2.05) is 11.8 Å². The van der Waals surface area contributed by atoms with Gasteiger partial charge in [0.25, 0.3) is 0 Å². The Morgan fingerprint density at radius 2 is 2.32 bits per heavy atom. The highest BCUT2D eigenvalue weighted by atomic mass is 127. The van der Waals surface area contributed by atoms with Gasteiger partial charge in [0.2, 0.25) is 5.91 Å². The number of nitrogens with one attached hydrogen (secondary N) is 2. The number of nitrogens with zero attached hydrogens (tertiary/aromatic N) is 2. The van der Waals surface area contributed by atoms with Gasteiger partial charge >= 0.3 is 0 Å². The average molecular weight is 442 g/mol. The number of halogens is 1. The van der Waals surface area contributed by atoms with Crippen LogP contribution >= 0.6 is 35.7 Å². The molecule has 2 aliphatic heterocycles. The van der Waals surface area contributed by atoms with Gasteiger partial charge in [0.05, 0.1) is 5.60 Å². The molecule has 0 radical (unpaired) electrons. The van der Waals surface area contributed by atoms with Crippen molar-refractivity contribution in [3.05, 3.63) is 0 Å². The normalized spacial score (nSPS) is 28.4. The summed E-state index contributed by atoms with van der Waals surface area (Å²) in [6, 6.07) is 0.235. The number of amides is 1. The summed E-state index contributed by atoms with van der Waals surface area (Å²) in [6.45, 7) is 3.95. The van der Waals surface area contributed by atoms with Crippen LogP contribution in [0.15, 0.2) is 4.99 Å². The van der Waals surface area contributed by atoms with Gasteiger partial charge in [0, 0.05) is 44.9 Å². The van der Waals surface area contributed by atoms with E-state index >= 15 is 0 Å². The Labute approximate surface area is 153 Å². The van der Waals surface area contributed by atoms with Crippen molar-refractivity contribution in [2.24, 2.45) is 4.99 Å². The van der Waals surface area contributed by atoms with E-state index in [9.17, 15) is 9.90 Å². The van der Waals surface area contributed by atoms with E-state index in [4.69, 9.17) is 0 Å². The molecule has 2 unspecified atom stereocenters. The third-order valence-electron chi connectivity index (χ3n) is 4.08. The fraction of sp³-hybridized carbons (Fsp3) is 0.857. The second kappa shape index (κ2) is 9.17. The van der Waals surface area contributed by atoms with Crippen molar-refractivity contribution in [3.8, 4) is 0 Å². The minimum Gasteiger partial charge on any atom is -0.387 e. The summed E-state index contributed by atoms with van der Waals surface area (Å²) in [4.78, 5) is 17.8. The molecule has 3 N–H and O–H groups in total. The number of rotatable bonds is 4. The highest BCUT2D eigenvalue weighted by Gasteiger charge is 2.32. The molecule has 128 valence electrons. The van der Waals surface area contributed by atoms with E-state index in [1.165, 1.54) is 0 Å². The average Bonchev–Trinajstić information content (AvgIpc) is 3.12. The lowest BCUT2D eigenvalue weighted by Crippen LogP contribution is -2.50. The van der Waals surface area contributed by atoms with Crippen LogP contribution in [0.25, 0.3) is 0 Å². The molecule has 0 spiro atoms. The molecule has 1 amide bonds. The predicted octanol–water partition coefficient (Wildman–Crippen LogP) is 0.648. The number of guanidine groups is 1.